The summed E-state index contributed by atoms with van der Waals surface area (Å²) in [7, 11) is 0. The van der Waals surface area contributed by atoms with E-state index in [-0.39, 0.29) is 23.5 Å². The van der Waals surface area contributed by atoms with E-state index in [2.05, 4.69) is 20.6 Å². The van der Waals surface area contributed by atoms with E-state index < -0.39 is 12.0 Å². The molecule has 2 aromatic rings. The van der Waals surface area contributed by atoms with Gasteiger partial charge in [0.05, 0.1) is 0 Å². The number of rotatable bonds is 4. The van der Waals surface area contributed by atoms with Crippen LogP contribution in [-0.2, 0) is 15.7 Å². The molecule has 4 heterocycles. The van der Waals surface area contributed by atoms with E-state index in [1.165, 1.54) is 6.07 Å². The van der Waals surface area contributed by atoms with Crippen molar-refractivity contribution in [1.82, 2.24) is 25.1 Å². The van der Waals surface area contributed by atoms with E-state index in [9.17, 15) is 18.0 Å². The summed E-state index contributed by atoms with van der Waals surface area (Å²) in [4.78, 5) is 14.2. The maximum absolute atomic E-state index is 13.0. The molecule has 2 fully saturated rings. The minimum absolute atomic E-state index is 0.0562. The molecule has 0 unspecified atom stereocenters. The fourth-order valence-corrected chi connectivity index (χ4v) is 3.88. The van der Waals surface area contributed by atoms with Crippen molar-refractivity contribution in [2.24, 2.45) is 5.92 Å². The van der Waals surface area contributed by atoms with E-state index in [4.69, 9.17) is 4.74 Å². The second kappa shape index (κ2) is 8.13. The summed E-state index contributed by atoms with van der Waals surface area (Å²) >= 11 is 0. The number of hydrogen-bond acceptors (Lipinski definition) is 6. The van der Waals surface area contributed by atoms with Crippen molar-refractivity contribution in [2.75, 3.05) is 31.2 Å². The molecular weight excluding hydrogens is 389 g/mol. The van der Waals surface area contributed by atoms with Gasteiger partial charge in [0.2, 0.25) is 5.91 Å². The monoisotopic (exact) mass is 412 g/mol. The lowest BCUT2D eigenvalue weighted by Gasteiger charge is -2.33. The van der Waals surface area contributed by atoms with Gasteiger partial charge in [0.25, 0.3) is 5.82 Å². The first-order valence-corrected chi connectivity index (χ1v) is 9.82. The zero-order valence-electron chi connectivity index (χ0n) is 15.9. The Balaban J connectivity index is 1.34. The molecule has 0 bridgehead atoms. The highest BCUT2D eigenvalue weighted by Gasteiger charge is 2.38. The van der Waals surface area contributed by atoms with Crippen molar-refractivity contribution in [3.8, 4) is 0 Å². The summed E-state index contributed by atoms with van der Waals surface area (Å²) in [6.07, 6.45) is -0.871. The third-order valence-corrected chi connectivity index (χ3v) is 5.50. The third-order valence-electron chi connectivity index (χ3n) is 5.50. The number of aromatic nitrogens is 4. The lowest BCUT2D eigenvalue weighted by atomic mass is 9.93. The molecule has 4 rings (SSSR count). The predicted octanol–water partition coefficient (Wildman–Crippen LogP) is 2.04. The van der Waals surface area contributed by atoms with Gasteiger partial charge in [-0.2, -0.15) is 17.7 Å². The maximum atomic E-state index is 13.0. The van der Waals surface area contributed by atoms with Gasteiger partial charge >= 0.3 is 6.18 Å². The van der Waals surface area contributed by atoms with Crippen LogP contribution in [-0.4, -0.2) is 58.1 Å². The summed E-state index contributed by atoms with van der Waals surface area (Å²) in [5.74, 6) is -0.355. The van der Waals surface area contributed by atoms with Crippen molar-refractivity contribution in [3.63, 3.8) is 0 Å². The average molecular weight is 412 g/mol. The Morgan fingerprint density at radius 2 is 1.86 bits per heavy atom. The van der Waals surface area contributed by atoms with E-state index in [0.717, 1.165) is 30.2 Å². The highest BCUT2D eigenvalue weighted by atomic mass is 19.4. The smallest absolute Gasteiger partial charge is 0.381 e. The van der Waals surface area contributed by atoms with E-state index >= 15 is 0 Å². The van der Waals surface area contributed by atoms with Crippen LogP contribution in [0.5, 0.6) is 0 Å². The molecule has 2 aliphatic rings. The topological polar surface area (TPSA) is 84.7 Å². The number of ether oxygens (including phenoxy) is 1. The minimum Gasteiger partial charge on any atom is -0.381 e. The number of halogens is 3. The van der Waals surface area contributed by atoms with E-state index in [0.29, 0.717) is 38.5 Å². The predicted molar refractivity (Wildman–Crippen MR) is 97.3 cm³/mol. The number of fused-ring (bicyclic) bond motifs is 1. The van der Waals surface area contributed by atoms with Crippen LogP contribution in [0, 0.1) is 5.92 Å². The Labute approximate surface area is 165 Å². The minimum atomic E-state index is -4.62. The largest absolute Gasteiger partial charge is 0.453 e. The van der Waals surface area contributed by atoms with Gasteiger partial charge in [-0.05, 0) is 43.7 Å². The molecule has 29 heavy (non-hydrogen) atoms. The standard InChI is InChI=1S/C18H23F3N6O2/c19-18(20,21)17-24-23-14-1-2-15(25-27(14)17)26-7-3-12(4-8-26)11-16(28)22-13-5-9-29-10-6-13/h1-2,12-13H,3-11H2,(H,22,28). The first kappa shape index (κ1) is 19.9. The summed E-state index contributed by atoms with van der Waals surface area (Å²) in [6, 6.07) is 3.33. The molecular formula is C18H23F3N6O2. The Morgan fingerprint density at radius 3 is 2.55 bits per heavy atom. The third kappa shape index (κ3) is 4.60. The average Bonchev–Trinajstić information content (AvgIpc) is 3.13. The van der Waals surface area contributed by atoms with Gasteiger partial charge in [-0.25, -0.2) is 0 Å². The first-order valence-electron chi connectivity index (χ1n) is 9.82. The number of hydrogen-bond donors (Lipinski definition) is 1. The summed E-state index contributed by atoms with van der Waals surface area (Å²) in [5.41, 5.74) is 0.0562. The molecule has 0 atom stereocenters. The van der Waals surface area contributed by atoms with Crippen molar-refractivity contribution in [1.29, 1.82) is 0 Å². The van der Waals surface area contributed by atoms with E-state index in [1.54, 1.807) is 6.07 Å². The van der Waals surface area contributed by atoms with Crippen LogP contribution < -0.4 is 10.2 Å². The number of nitrogens with zero attached hydrogens (tertiary/aromatic N) is 5. The number of alkyl halides is 3. The number of nitrogens with one attached hydrogen (secondary N) is 1. The molecule has 0 aromatic carbocycles. The zero-order chi connectivity index (χ0) is 20.4. The first-order chi connectivity index (χ1) is 13.9. The summed E-state index contributed by atoms with van der Waals surface area (Å²) in [5, 5.41) is 13.9. The Morgan fingerprint density at radius 1 is 1.14 bits per heavy atom. The van der Waals surface area contributed by atoms with Crippen LogP contribution in [0.3, 0.4) is 0 Å². The molecule has 2 saturated heterocycles. The van der Waals surface area contributed by atoms with Crippen molar-refractivity contribution < 1.29 is 22.7 Å². The van der Waals surface area contributed by atoms with Gasteiger partial charge < -0.3 is 15.0 Å². The van der Waals surface area contributed by atoms with E-state index in [1.807, 2.05) is 4.90 Å². The Kier molecular flexibility index (Phi) is 5.57. The molecule has 1 amide bonds. The number of amides is 1. The molecule has 0 spiro atoms. The molecule has 8 nitrogen and oxygen atoms in total. The zero-order valence-corrected chi connectivity index (χ0v) is 15.9. The van der Waals surface area contributed by atoms with Gasteiger partial charge in [-0.3, -0.25) is 4.79 Å². The number of piperidine rings is 1. The van der Waals surface area contributed by atoms with Crippen LogP contribution in [0.15, 0.2) is 12.1 Å². The molecule has 0 aliphatic carbocycles. The highest BCUT2D eigenvalue weighted by Crippen LogP contribution is 2.29. The van der Waals surface area contributed by atoms with Crippen LogP contribution in [0.25, 0.3) is 5.65 Å². The molecule has 1 N–H and O–H groups in total. The quantitative estimate of drug-likeness (QED) is 0.828. The fourth-order valence-electron chi connectivity index (χ4n) is 3.88. The molecule has 0 radical (unpaired) electrons. The normalized spacial score (nSPS) is 19.6. The molecule has 0 saturated carbocycles. The van der Waals surface area contributed by atoms with Crippen LogP contribution in [0.4, 0.5) is 19.0 Å². The summed E-state index contributed by atoms with van der Waals surface area (Å²) in [6.45, 7) is 2.64. The highest BCUT2D eigenvalue weighted by molar-refractivity contribution is 5.76. The van der Waals surface area contributed by atoms with Crippen LogP contribution in [0.1, 0.15) is 37.9 Å². The maximum Gasteiger partial charge on any atom is 0.453 e. The van der Waals surface area contributed by atoms with Gasteiger partial charge in [0, 0.05) is 38.8 Å². The molecule has 11 heteroatoms. The lowest BCUT2D eigenvalue weighted by Crippen LogP contribution is -2.41. The van der Waals surface area contributed by atoms with Crippen molar-refractivity contribution >= 4 is 17.4 Å². The fraction of sp³-hybridized carbons (Fsp3) is 0.667. The SMILES string of the molecule is O=C(CC1CCN(c2ccc3nnc(C(F)(F)F)n3n2)CC1)NC1CCOCC1. The van der Waals surface area contributed by atoms with Crippen molar-refractivity contribution in [2.45, 2.75) is 44.3 Å². The van der Waals surface area contributed by atoms with Crippen LogP contribution >= 0.6 is 0 Å². The van der Waals surface area contributed by atoms with Gasteiger partial charge in [-0.15, -0.1) is 15.3 Å². The number of carbonyl (C=O) groups is 1. The second-order valence-electron chi connectivity index (χ2n) is 7.57. The molecule has 2 aromatic heterocycles. The van der Waals surface area contributed by atoms with Gasteiger partial charge in [0.15, 0.2) is 5.65 Å². The number of anilines is 1. The molecule has 158 valence electrons. The lowest BCUT2D eigenvalue weighted by molar-refractivity contribution is -0.146. The Hall–Kier alpha value is -2.43. The van der Waals surface area contributed by atoms with Gasteiger partial charge in [0.1, 0.15) is 5.82 Å². The van der Waals surface area contributed by atoms with Gasteiger partial charge in [-0.1, -0.05) is 0 Å². The molecule has 2 aliphatic heterocycles. The van der Waals surface area contributed by atoms with Crippen LogP contribution in [0.2, 0.25) is 0 Å². The Bertz CT molecular complexity index is 857. The number of carbonyl (C=O) groups excluding carboxylic acids is 1. The second-order valence-corrected chi connectivity index (χ2v) is 7.57. The van der Waals surface area contributed by atoms with Crippen molar-refractivity contribution in [3.05, 3.63) is 18.0 Å². The summed E-state index contributed by atoms with van der Waals surface area (Å²) < 4.78 is 45.2.